The second-order valence-corrected chi connectivity index (χ2v) is 4.56. The van der Waals surface area contributed by atoms with Crippen molar-refractivity contribution in [2.45, 2.75) is 13.8 Å². The van der Waals surface area contributed by atoms with E-state index in [1.54, 1.807) is 12.3 Å². The third-order valence-corrected chi connectivity index (χ3v) is 3.17. The zero-order valence-corrected chi connectivity index (χ0v) is 11.3. The van der Waals surface area contributed by atoms with Crippen molar-refractivity contribution in [1.82, 2.24) is 4.98 Å². The van der Waals surface area contributed by atoms with Crippen molar-refractivity contribution < 1.29 is 9.18 Å². The van der Waals surface area contributed by atoms with Gasteiger partial charge >= 0.3 is 0 Å². The van der Waals surface area contributed by atoms with Gasteiger partial charge in [-0.1, -0.05) is 11.6 Å². The highest BCUT2D eigenvalue weighted by atomic mass is 35.5. The molecule has 1 aromatic carbocycles. The smallest absolute Gasteiger partial charge is 0.256 e. The van der Waals surface area contributed by atoms with Crippen LogP contribution in [0.1, 0.15) is 21.6 Å². The van der Waals surface area contributed by atoms with E-state index < -0.39 is 5.82 Å². The summed E-state index contributed by atoms with van der Waals surface area (Å²) in [4.78, 5) is 16.2. The molecule has 2 aromatic rings. The first-order valence-electron chi connectivity index (χ1n) is 5.67. The van der Waals surface area contributed by atoms with E-state index in [0.29, 0.717) is 11.3 Å². The SMILES string of the molecule is Cc1nccc(C(=O)Nc2ccc(F)c(Cl)c2)c1C. The summed E-state index contributed by atoms with van der Waals surface area (Å²) in [7, 11) is 0. The van der Waals surface area contributed by atoms with Crippen molar-refractivity contribution >= 4 is 23.2 Å². The monoisotopic (exact) mass is 278 g/mol. The van der Waals surface area contributed by atoms with E-state index in [4.69, 9.17) is 11.6 Å². The molecule has 19 heavy (non-hydrogen) atoms. The highest BCUT2D eigenvalue weighted by molar-refractivity contribution is 6.31. The predicted molar refractivity (Wildman–Crippen MR) is 73.1 cm³/mol. The lowest BCUT2D eigenvalue weighted by molar-refractivity contribution is 0.102. The third-order valence-electron chi connectivity index (χ3n) is 2.88. The van der Waals surface area contributed by atoms with Crippen LogP contribution in [0.15, 0.2) is 30.5 Å². The number of benzene rings is 1. The van der Waals surface area contributed by atoms with Gasteiger partial charge in [0.05, 0.1) is 5.02 Å². The number of nitrogens with one attached hydrogen (secondary N) is 1. The Kier molecular flexibility index (Phi) is 3.81. The summed E-state index contributed by atoms with van der Waals surface area (Å²) in [6.07, 6.45) is 1.58. The number of aromatic nitrogens is 1. The van der Waals surface area contributed by atoms with Crippen LogP contribution in [-0.2, 0) is 0 Å². The summed E-state index contributed by atoms with van der Waals surface area (Å²) < 4.78 is 13.0. The molecule has 2 rings (SSSR count). The fourth-order valence-corrected chi connectivity index (χ4v) is 1.84. The summed E-state index contributed by atoms with van der Waals surface area (Å²) in [6.45, 7) is 3.66. The van der Waals surface area contributed by atoms with E-state index in [-0.39, 0.29) is 10.9 Å². The summed E-state index contributed by atoms with van der Waals surface area (Å²) in [5.74, 6) is -0.790. The largest absolute Gasteiger partial charge is 0.322 e. The molecule has 1 aromatic heterocycles. The molecule has 0 saturated carbocycles. The minimum atomic E-state index is -0.518. The van der Waals surface area contributed by atoms with Crippen LogP contribution in [0.3, 0.4) is 0 Å². The molecule has 1 heterocycles. The predicted octanol–water partition coefficient (Wildman–Crippen LogP) is 3.74. The lowest BCUT2D eigenvalue weighted by atomic mass is 10.1. The van der Waals surface area contributed by atoms with Gasteiger partial charge in [0, 0.05) is 23.1 Å². The Morgan fingerprint density at radius 1 is 1.32 bits per heavy atom. The van der Waals surface area contributed by atoms with Gasteiger partial charge in [0.1, 0.15) is 5.82 Å². The average Bonchev–Trinajstić information content (AvgIpc) is 2.37. The molecular formula is C14H12ClFN2O. The van der Waals surface area contributed by atoms with Crippen LogP contribution in [0.5, 0.6) is 0 Å². The normalized spacial score (nSPS) is 10.3. The fraction of sp³-hybridized carbons (Fsp3) is 0.143. The second kappa shape index (κ2) is 5.36. The van der Waals surface area contributed by atoms with Gasteiger partial charge in [-0.3, -0.25) is 9.78 Å². The topological polar surface area (TPSA) is 42.0 Å². The molecule has 0 saturated heterocycles. The average molecular weight is 279 g/mol. The number of rotatable bonds is 2. The molecule has 0 aliphatic rings. The van der Waals surface area contributed by atoms with Gasteiger partial charge in [-0.2, -0.15) is 0 Å². The van der Waals surface area contributed by atoms with E-state index in [0.717, 1.165) is 11.3 Å². The first-order chi connectivity index (χ1) is 8.99. The van der Waals surface area contributed by atoms with Crippen molar-refractivity contribution in [3.05, 3.63) is 58.1 Å². The lowest BCUT2D eigenvalue weighted by Crippen LogP contribution is -2.14. The molecule has 1 N–H and O–H groups in total. The van der Waals surface area contributed by atoms with Gasteiger partial charge in [-0.25, -0.2) is 4.39 Å². The van der Waals surface area contributed by atoms with Gasteiger partial charge in [0.15, 0.2) is 0 Å². The first kappa shape index (κ1) is 13.5. The number of nitrogens with zero attached hydrogens (tertiary/aromatic N) is 1. The Morgan fingerprint density at radius 3 is 2.74 bits per heavy atom. The maximum Gasteiger partial charge on any atom is 0.256 e. The second-order valence-electron chi connectivity index (χ2n) is 4.15. The Bertz CT molecular complexity index is 643. The van der Waals surface area contributed by atoms with Crippen LogP contribution in [-0.4, -0.2) is 10.9 Å². The van der Waals surface area contributed by atoms with Crippen LogP contribution in [0.4, 0.5) is 10.1 Å². The first-order valence-corrected chi connectivity index (χ1v) is 6.05. The van der Waals surface area contributed by atoms with Crippen molar-refractivity contribution in [2.24, 2.45) is 0 Å². The molecule has 0 spiro atoms. The third kappa shape index (κ3) is 2.90. The molecule has 0 unspecified atom stereocenters. The summed E-state index contributed by atoms with van der Waals surface area (Å²) in [5, 5.41) is 2.65. The van der Waals surface area contributed by atoms with Crippen molar-refractivity contribution in [2.75, 3.05) is 5.32 Å². The van der Waals surface area contributed by atoms with Crippen molar-refractivity contribution in [3.63, 3.8) is 0 Å². The zero-order chi connectivity index (χ0) is 14.0. The van der Waals surface area contributed by atoms with Crippen LogP contribution in [0.25, 0.3) is 0 Å². The van der Waals surface area contributed by atoms with Gasteiger partial charge in [-0.15, -0.1) is 0 Å². The maximum absolute atomic E-state index is 13.0. The molecule has 0 fully saturated rings. The number of amides is 1. The number of carbonyl (C=O) groups excluding carboxylic acids is 1. The minimum Gasteiger partial charge on any atom is -0.322 e. The van der Waals surface area contributed by atoms with Gasteiger partial charge in [-0.05, 0) is 43.7 Å². The van der Waals surface area contributed by atoms with Crippen LogP contribution in [0, 0.1) is 19.7 Å². The number of carbonyl (C=O) groups is 1. The highest BCUT2D eigenvalue weighted by Crippen LogP contribution is 2.20. The number of halogens is 2. The van der Waals surface area contributed by atoms with E-state index >= 15 is 0 Å². The van der Waals surface area contributed by atoms with Crippen LogP contribution < -0.4 is 5.32 Å². The number of anilines is 1. The van der Waals surface area contributed by atoms with E-state index in [9.17, 15) is 9.18 Å². The molecule has 0 aliphatic carbocycles. The van der Waals surface area contributed by atoms with Crippen molar-refractivity contribution in [3.8, 4) is 0 Å². The van der Waals surface area contributed by atoms with Crippen LogP contribution in [0.2, 0.25) is 5.02 Å². The molecule has 0 bridgehead atoms. The molecule has 0 atom stereocenters. The number of hydrogen-bond donors (Lipinski definition) is 1. The fourth-order valence-electron chi connectivity index (χ4n) is 1.66. The van der Waals surface area contributed by atoms with Gasteiger partial charge in [0.25, 0.3) is 5.91 Å². The minimum absolute atomic E-state index is 0.0274. The summed E-state index contributed by atoms with van der Waals surface area (Å²) in [5.41, 5.74) is 2.59. The molecule has 0 radical (unpaired) electrons. The molecule has 5 heteroatoms. The summed E-state index contributed by atoms with van der Waals surface area (Å²) in [6, 6.07) is 5.69. The van der Waals surface area contributed by atoms with Gasteiger partial charge < -0.3 is 5.32 Å². The Labute approximate surface area is 115 Å². The maximum atomic E-state index is 13.0. The molecule has 98 valence electrons. The summed E-state index contributed by atoms with van der Waals surface area (Å²) >= 11 is 5.66. The number of pyridine rings is 1. The Hall–Kier alpha value is -1.94. The van der Waals surface area contributed by atoms with Crippen molar-refractivity contribution in [1.29, 1.82) is 0 Å². The standard InChI is InChI=1S/C14H12ClFN2O/c1-8-9(2)17-6-5-11(8)14(19)18-10-3-4-13(16)12(15)7-10/h3-7H,1-2H3,(H,18,19). The highest BCUT2D eigenvalue weighted by Gasteiger charge is 2.11. The number of aryl methyl sites for hydroxylation is 1. The van der Waals surface area contributed by atoms with E-state index in [1.165, 1.54) is 18.2 Å². The van der Waals surface area contributed by atoms with Crippen LogP contribution >= 0.6 is 11.6 Å². The van der Waals surface area contributed by atoms with E-state index in [2.05, 4.69) is 10.3 Å². The molecule has 3 nitrogen and oxygen atoms in total. The Balaban J connectivity index is 2.26. The molecule has 0 aliphatic heterocycles. The Morgan fingerprint density at radius 2 is 2.05 bits per heavy atom. The quantitative estimate of drug-likeness (QED) is 0.909. The zero-order valence-electron chi connectivity index (χ0n) is 10.5. The van der Waals surface area contributed by atoms with E-state index in [1.807, 2.05) is 13.8 Å². The molecule has 1 amide bonds. The lowest BCUT2D eigenvalue weighted by Gasteiger charge is -2.09. The molecular weight excluding hydrogens is 267 g/mol. The van der Waals surface area contributed by atoms with Gasteiger partial charge in [0.2, 0.25) is 0 Å². The number of hydrogen-bond acceptors (Lipinski definition) is 2.